The Labute approximate surface area is 121 Å². The molecule has 0 radical (unpaired) electrons. The molecule has 7 heteroatoms. The van der Waals surface area contributed by atoms with Crippen LogP contribution in [0, 0.1) is 0 Å². The van der Waals surface area contributed by atoms with Gasteiger partial charge in [0.1, 0.15) is 17.2 Å². The second-order valence-corrected chi connectivity index (χ2v) is 4.80. The second kappa shape index (κ2) is 6.85. The minimum absolute atomic E-state index is 0.165. The molecule has 0 spiro atoms. The molecule has 1 aromatic carbocycles. The molecule has 1 aromatic heterocycles. The van der Waals surface area contributed by atoms with Crippen LogP contribution in [0.2, 0.25) is 0 Å². The number of amides is 1. The lowest BCUT2D eigenvalue weighted by molar-refractivity contribution is 0.0950. The Kier molecular flexibility index (Phi) is 4.89. The molecule has 2 rings (SSSR count). The first-order valence-corrected chi connectivity index (χ1v) is 7.06. The highest BCUT2D eigenvalue weighted by Crippen LogP contribution is 2.19. The molecule has 0 unspecified atom stereocenters. The van der Waals surface area contributed by atoms with Gasteiger partial charge >= 0.3 is 0 Å². The lowest BCUT2D eigenvalue weighted by Crippen LogP contribution is -2.28. The molecule has 0 aliphatic carbocycles. The van der Waals surface area contributed by atoms with Gasteiger partial charge < -0.3 is 15.8 Å². The highest BCUT2D eigenvalue weighted by molar-refractivity contribution is 7.08. The lowest BCUT2D eigenvalue weighted by atomic mass is 10.3. The average Bonchev–Trinajstić information content (AvgIpc) is 2.93. The third-order valence-corrected chi connectivity index (χ3v) is 3.43. The van der Waals surface area contributed by atoms with E-state index in [9.17, 15) is 4.79 Å². The Morgan fingerprint density at radius 3 is 3.00 bits per heavy atom. The summed E-state index contributed by atoms with van der Waals surface area (Å²) in [6.45, 7) is 2.69. The van der Waals surface area contributed by atoms with Gasteiger partial charge in [-0.25, -0.2) is 0 Å². The number of nitrogens with two attached hydrogens (primary N) is 1. The lowest BCUT2D eigenvalue weighted by Gasteiger charge is -2.09. The number of hydrogen-bond acceptors (Lipinski definition) is 6. The van der Waals surface area contributed by atoms with Gasteiger partial charge in [-0.05, 0) is 30.1 Å². The van der Waals surface area contributed by atoms with Crippen LogP contribution in [0.3, 0.4) is 0 Å². The molecule has 0 aliphatic rings. The van der Waals surface area contributed by atoms with Gasteiger partial charge in [0.25, 0.3) is 5.91 Å². The number of hydrogen-bond donors (Lipinski definition) is 2. The topological polar surface area (TPSA) is 90.1 Å². The molecule has 106 valence electrons. The van der Waals surface area contributed by atoms with Crippen LogP contribution in [0.25, 0.3) is 0 Å². The number of carbonyl (C=O) groups excluding carboxylic acids is 1. The van der Waals surface area contributed by atoms with Crippen LogP contribution >= 0.6 is 11.5 Å². The number of ether oxygens (including phenoxy) is 1. The van der Waals surface area contributed by atoms with Crippen LogP contribution in [0.4, 0.5) is 5.69 Å². The quantitative estimate of drug-likeness (QED) is 0.622. The van der Waals surface area contributed by atoms with Crippen molar-refractivity contribution in [3.05, 3.63) is 34.8 Å². The first-order valence-electron chi connectivity index (χ1n) is 6.29. The third-order valence-electron chi connectivity index (χ3n) is 2.66. The Morgan fingerprint density at radius 2 is 2.25 bits per heavy atom. The van der Waals surface area contributed by atoms with Crippen molar-refractivity contribution in [2.24, 2.45) is 0 Å². The van der Waals surface area contributed by atoms with Crippen LogP contribution in [-0.2, 0) is 6.42 Å². The van der Waals surface area contributed by atoms with Crippen LogP contribution in [0.15, 0.2) is 24.3 Å². The van der Waals surface area contributed by atoms with E-state index in [2.05, 4.69) is 14.9 Å². The summed E-state index contributed by atoms with van der Waals surface area (Å²) in [6.07, 6.45) is 0.691. The van der Waals surface area contributed by atoms with Gasteiger partial charge in [-0.15, -0.1) is 5.10 Å². The summed E-state index contributed by atoms with van der Waals surface area (Å²) in [7, 11) is 0. The fourth-order valence-electron chi connectivity index (χ4n) is 1.63. The monoisotopic (exact) mass is 292 g/mol. The van der Waals surface area contributed by atoms with Gasteiger partial charge in [-0.2, -0.15) is 0 Å². The fraction of sp³-hybridized carbons (Fsp3) is 0.308. The van der Waals surface area contributed by atoms with E-state index in [0.29, 0.717) is 35.9 Å². The van der Waals surface area contributed by atoms with Crippen LogP contribution < -0.4 is 15.8 Å². The van der Waals surface area contributed by atoms with Crippen molar-refractivity contribution in [1.82, 2.24) is 14.9 Å². The molecule has 0 aliphatic heterocycles. The summed E-state index contributed by atoms with van der Waals surface area (Å²) >= 11 is 1.11. The highest BCUT2D eigenvalue weighted by atomic mass is 32.1. The Bertz CT molecular complexity index is 585. The first-order chi connectivity index (χ1) is 9.72. The molecular weight excluding hydrogens is 276 g/mol. The maximum Gasteiger partial charge on any atom is 0.265 e. The normalized spacial score (nSPS) is 10.2. The van der Waals surface area contributed by atoms with Gasteiger partial charge in [0.15, 0.2) is 0 Å². The van der Waals surface area contributed by atoms with E-state index in [1.807, 2.05) is 19.1 Å². The van der Waals surface area contributed by atoms with Gasteiger partial charge in [0.05, 0.1) is 17.9 Å². The number of para-hydroxylation sites is 2. The van der Waals surface area contributed by atoms with Gasteiger partial charge in [-0.3, -0.25) is 4.79 Å². The van der Waals surface area contributed by atoms with Crippen molar-refractivity contribution in [3.63, 3.8) is 0 Å². The molecule has 0 saturated carbocycles. The molecule has 0 fully saturated rings. The zero-order valence-electron chi connectivity index (χ0n) is 11.1. The molecule has 3 N–H and O–H groups in total. The zero-order chi connectivity index (χ0) is 14.4. The van der Waals surface area contributed by atoms with E-state index >= 15 is 0 Å². The van der Waals surface area contributed by atoms with Crippen molar-refractivity contribution in [3.8, 4) is 5.75 Å². The average molecular weight is 292 g/mol. The molecule has 20 heavy (non-hydrogen) atoms. The summed E-state index contributed by atoms with van der Waals surface area (Å²) in [5.74, 6) is 0.455. The summed E-state index contributed by atoms with van der Waals surface area (Å²) in [5, 5.41) is 6.68. The number of benzene rings is 1. The van der Waals surface area contributed by atoms with Gasteiger partial charge in [0, 0.05) is 0 Å². The molecule has 0 atom stereocenters. The van der Waals surface area contributed by atoms with E-state index in [1.54, 1.807) is 12.1 Å². The summed E-state index contributed by atoms with van der Waals surface area (Å²) in [6, 6.07) is 7.25. The van der Waals surface area contributed by atoms with Crippen molar-refractivity contribution >= 4 is 23.1 Å². The molecule has 0 bridgehead atoms. The van der Waals surface area contributed by atoms with Crippen molar-refractivity contribution in [2.75, 3.05) is 18.9 Å². The minimum atomic E-state index is -0.165. The number of carbonyl (C=O) groups is 1. The Balaban J connectivity index is 1.79. The predicted molar refractivity (Wildman–Crippen MR) is 78.0 cm³/mol. The van der Waals surface area contributed by atoms with E-state index in [1.165, 1.54) is 0 Å². The molecule has 1 amide bonds. The largest absolute Gasteiger partial charge is 0.490 e. The smallest absolute Gasteiger partial charge is 0.265 e. The third kappa shape index (κ3) is 3.45. The highest BCUT2D eigenvalue weighted by Gasteiger charge is 2.14. The van der Waals surface area contributed by atoms with E-state index < -0.39 is 0 Å². The minimum Gasteiger partial charge on any atom is -0.490 e. The fourth-order valence-corrected chi connectivity index (χ4v) is 2.30. The summed E-state index contributed by atoms with van der Waals surface area (Å²) in [5.41, 5.74) is 7.06. The molecule has 2 aromatic rings. The van der Waals surface area contributed by atoms with Crippen molar-refractivity contribution in [2.45, 2.75) is 13.3 Å². The van der Waals surface area contributed by atoms with Crippen LogP contribution in [-0.4, -0.2) is 28.6 Å². The zero-order valence-corrected chi connectivity index (χ0v) is 11.9. The predicted octanol–water partition coefficient (Wildman–Crippen LogP) is 1.49. The SMILES string of the molecule is CCc1nnsc1C(=O)NCCOc1ccccc1N. The first kappa shape index (κ1) is 14.3. The molecule has 1 heterocycles. The Hall–Kier alpha value is -2.15. The summed E-state index contributed by atoms with van der Waals surface area (Å²) < 4.78 is 9.28. The summed E-state index contributed by atoms with van der Waals surface area (Å²) in [4.78, 5) is 12.5. The van der Waals surface area contributed by atoms with Crippen molar-refractivity contribution in [1.29, 1.82) is 0 Å². The van der Waals surface area contributed by atoms with Gasteiger partial charge in [0.2, 0.25) is 0 Å². The van der Waals surface area contributed by atoms with E-state index in [4.69, 9.17) is 10.5 Å². The maximum atomic E-state index is 11.9. The molecule has 6 nitrogen and oxygen atoms in total. The molecular formula is C13H16N4O2S. The van der Waals surface area contributed by atoms with Crippen LogP contribution in [0.1, 0.15) is 22.3 Å². The number of rotatable bonds is 6. The number of aromatic nitrogens is 2. The molecule has 0 saturated heterocycles. The van der Waals surface area contributed by atoms with Crippen LogP contribution in [0.5, 0.6) is 5.75 Å². The van der Waals surface area contributed by atoms with E-state index in [-0.39, 0.29) is 5.91 Å². The van der Waals surface area contributed by atoms with E-state index in [0.717, 1.165) is 17.2 Å². The number of aryl methyl sites for hydroxylation is 1. The standard InChI is InChI=1S/C13H16N4O2S/c1-2-10-12(20-17-16-10)13(18)15-7-8-19-11-6-4-3-5-9(11)14/h3-6H,2,7-8,14H2,1H3,(H,15,18). The maximum absolute atomic E-state index is 11.9. The van der Waals surface area contributed by atoms with Gasteiger partial charge in [-0.1, -0.05) is 23.5 Å². The number of nitrogens with zero attached hydrogens (tertiary/aromatic N) is 2. The second-order valence-electron chi connectivity index (χ2n) is 4.04. The number of nitrogen functional groups attached to an aromatic ring is 1. The number of anilines is 1. The number of nitrogens with one attached hydrogen (secondary N) is 1. The Morgan fingerprint density at radius 1 is 1.45 bits per heavy atom. The van der Waals surface area contributed by atoms with Crippen molar-refractivity contribution < 1.29 is 9.53 Å².